The van der Waals surface area contributed by atoms with Crippen LogP contribution in [0.4, 0.5) is 5.69 Å². The summed E-state index contributed by atoms with van der Waals surface area (Å²) in [6.07, 6.45) is -0.0280. The van der Waals surface area contributed by atoms with E-state index in [0.29, 0.717) is 0 Å². The van der Waals surface area contributed by atoms with Gasteiger partial charge in [-0.15, -0.1) is 0 Å². The van der Waals surface area contributed by atoms with E-state index in [1.807, 2.05) is 12.1 Å². The molecule has 0 bridgehead atoms. The molecule has 0 fully saturated rings. The molecule has 2 nitrogen and oxygen atoms in total. The number of anilines is 1. The fraction of sp³-hybridized carbons (Fsp3) is 0.250. The van der Waals surface area contributed by atoms with E-state index in [0.717, 1.165) is 5.69 Å². The van der Waals surface area contributed by atoms with Crippen molar-refractivity contribution in [2.24, 2.45) is 0 Å². The highest BCUT2D eigenvalue weighted by Gasteiger charge is 2.27. The van der Waals surface area contributed by atoms with Crippen molar-refractivity contribution in [3.05, 3.63) is 90.0 Å². The van der Waals surface area contributed by atoms with Gasteiger partial charge in [0.2, 0.25) is 9.04 Å². The maximum atomic E-state index is 6.78. The first-order chi connectivity index (χ1) is 12.9. The second-order valence-corrected chi connectivity index (χ2v) is 10.4. The van der Waals surface area contributed by atoms with Crippen LogP contribution < -0.4 is 16.1 Å². The number of hydrogen-bond donors (Lipinski definition) is 1. The zero-order valence-electron chi connectivity index (χ0n) is 16.6. The molecule has 0 saturated carbocycles. The van der Waals surface area contributed by atoms with Crippen LogP contribution in [0, 0.1) is 0 Å². The van der Waals surface area contributed by atoms with E-state index in [1.165, 1.54) is 21.5 Å². The topological polar surface area (TPSA) is 35.2 Å². The summed E-state index contributed by atoms with van der Waals surface area (Å²) in [4.78, 5) is 0. The molecule has 1 unspecified atom stereocenters. The molecule has 0 heterocycles. The quantitative estimate of drug-likeness (QED) is 0.536. The van der Waals surface area contributed by atoms with Crippen LogP contribution in [0.1, 0.15) is 44.9 Å². The summed E-state index contributed by atoms with van der Waals surface area (Å²) in [5, 5.41) is 2.58. The highest BCUT2D eigenvalue weighted by atomic mass is 28.3. The number of benzene rings is 3. The molecule has 3 heteroatoms. The molecule has 3 rings (SSSR count). The summed E-state index contributed by atoms with van der Waals surface area (Å²) in [5.41, 5.74) is 9.54. The van der Waals surface area contributed by atoms with E-state index in [1.54, 1.807) is 0 Å². The van der Waals surface area contributed by atoms with Crippen molar-refractivity contribution in [1.29, 1.82) is 0 Å². The number of hydrogen-bond acceptors (Lipinski definition) is 2. The van der Waals surface area contributed by atoms with Crippen molar-refractivity contribution in [2.45, 2.75) is 39.2 Å². The standard InChI is InChI=1S/C24H29NOSi/c1-18(21-16-11-17-22(25)23(21)24(2,3)4)26-27(19-12-7-5-8-13-19)20-14-9-6-10-15-20/h5-18,27H,25H2,1-4H3. The Kier molecular flexibility index (Phi) is 5.83. The Bertz CT molecular complexity index is 832. The molecule has 0 aliphatic heterocycles. The first-order valence-corrected chi connectivity index (χ1v) is 11.1. The average Bonchev–Trinajstić information content (AvgIpc) is 2.66. The third-order valence-electron chi connectivity index (χ3n) is 4.86. The van der Waals surface area contributed by atoms with Gasteiger partial charge in [-0.25, -0.2) is 0 Å². The summed E-state index contributed by atoms with van der Waals surface area (Å²) in [6, 6.07) is 27.4. The molecule has 0 aliphatic carbocycles. The molecule has 3 aromatic carbocycles. The van der Waals surface area contributed by atoms with Crippen LogP contribution in [0.5, 0.6) is 0 Å². The van der Waals surface area contributed by atoms with E-state index in [9.17, 15) is 0 Å². The van der Waals surface area contributed by atoms with Gasteiger partial charge in [-0.1, -0.05) is 93.6 Å². The van der Waals surface area contributed by atoms with Crippen LogP contribution in [0.3, 0.4) is 0 Å². The Morgan fingerprint density at radius 2 is 1.30 bits per heavy atom. The number of nitrogens with two attached hydrogens (primary N) is 1. The van der Waals surface area contributed by atoms with Crippen molar-refractivity contribution < 1.29 is 4.43 Å². The monoisotopic (exact) mass is 375 g/mol. The minimum atomic E-state index is -1.81. The number of rotatable bonds is 5. The molecular formula is C24H29NOSi. The smallest absolute Gasteiger partial charge is 0.240 e. The third kappa shape index (κ3) is 4.49. The van der Waals surface area contributed by atoms with E-state index in [2.05, 4.69) is 94.4 Å². The molecule has 27 heavy (non-hydrogen) atoms. The second kappa shape index (κ2) is 8.11. The summed E-state index contributed by atoms with van der Waals surface area (Å²) in [5.74, 6) is 0. The van der Waals surface area contributed by atoms with E-state index in [-0.39, 0.29) is 11.5 Å². The highest BCUT2D eigenvalue weighted by Crippen LogP contribution is 2.35. The lowest BCUT2D eigenvalue weighted by Crippen LogP contribution is -2.45. The molecule has 2 N–H and O–H groups in total. The molecule has 0 spiro atoms. The molecule has 0 aliphatic rings. The van der Waals surface area contributed by atoms with Gasteiger partial charge in [0, 0.05) is 5.69 Å². The van der Waals surface area contributed by atoms with Crippen LogP contribution in [-0.2, 0) is 9.84 Å². The average molecular weight is 376 g/mol. The zero-order chi connectivity index (χ0) is 19.4. The number of nitrogen functional groups attached to an aromatic ring is 1. The summed E-state index contributed by atoms with van der Waals surface area (Å²) in [6.45, 7) is 8.77. The van der Waals surface area contributed by atoms with Crippen molar-refractivity contribution >= 4 is 25.1 Å². The van der Waals surface area contributed by atoms with Gasteiger partial charge in [0.05, 0.1) is 6.10 Å². The Balaban J connectivity index is 2.00. The van der Waals surface area contributed by atoms with Crippen molar-refractivity contribution in [3.63, 3.8) is 0 Å². The minimum Gasteiger partial charge on any atom is -0.404 e. The molecule has 1 atom stereocenters. The SMILES string of the molecule is CC(O[SiH](c1ccccc1)c1ccccc1)c1cccc(N)c1C(C)(C)C. The summed E-state index contributed by atoms with van der Waals surface area (Å²) >= 11 is 0. The van der Waals surface area contributed by atoms with Crippen LogP contribution in [0.15, 0.2) is 78.9 Å². The van der Waals surface area contributed by atoms with E-state index in [4.69, 9.17) is 10.2 Å². The predicted molar refractivity (Wildman–Crippen MR) is 118 cm³/mol. The molecule has 3 aromatic rings. The van der Waals surface area contributed by atoms with Gasteiger partial charge in [0.25, 0.3) is 0 Å². The van der Waals surface area contributed by atoms with Crippen molar-refractivity contribution in [1.82, 2.24) is 0 Å². The third-order valence-corrected chi connectivity index (χ3v) is 7.52. The molecule has 0 amide bonds. The fourth-order valence-corrected chi connectivity index (χ4v) is 6.07. The van der Waals surface area contributed by atoms with Crippen LogP contribution in [0.25, 0.3) is 0 Å². The van der Waals surface area contributed by atoms with Gasteiger partial charge >= 0.3 is 0 Å². The Labute approximate surface area is 164 Å². The van der Waals surface area contributed by atoms with Gasteiger partial charge in [-0.2, -0.15) is 0 Å². The van der Waals surface area contributed by atoms with Crippen molar-refractivity contribution in [3.8, 4) is 0 Å². The van der Waals surface area contributed by atoms with Gasteiger partial charge in [0.15, 0.2) is 0 Å². The highest BCUT2D eigenvalue weighted by molar-refractivity contribution is 6.80. The molecule has 0 saturated heterocycles. The summed E-state index contributed by atoms with van der Waals surface area (Å²) in [7, 11) is -1.81. The lowest BCUT2D eigenvalue weighted by atomic mass is 9.81. The van der Waals surface area contributed by atoms with Crippen LogP contribution >= 0.6 is 0 Å². The maximum Gasteiger partial charge on any atom is 0.240 e. The summed E-state index contributed by atoms with van der Waals surface area (Å²) < 4.78 is 6.78. The van der Waals surface area contributed by atoms with Crippen LogP contribution in [-0.4, -0.2) is 9.04 Å². The molecule has 0 radical (unpaired) electrons. The first-order valence-electron chi connectivity index (χ1n) is 9.52. The van der Waals surface area contributed by atoms with Gasteiger partial charge in [-0.05, 0) is 39.9 Å². The normalized spacial score (nSPS) is 12.9. The first kappa shape index (κ1) is 19.4. The molecule has 0 aromatic heterocycles. The lowest BCUT2D eigenvalue weighted by Gasteiger charge is -2.30. The minimum absolute atomic E-state index is 0.0280. The Morgan fingerprint density at radius 1 is 0.778 bits per heavy atom. The van der Waals surface area contributed by atoms with Gasteiger partial charge in [-0.3, -0.25) is 0 Å². The van der Waals surface area contributed by atoms with Crippen LogP contribution in [0.2, 0.25) is 0 Å². The van der Waals surface area contributed by atoms with E-state index < -0.39 is 9.04 Å². The molecular weight excluding hydrogens is 346 g/mol. The van der Waals surface area contributed by atoms with Gasteiger partial charge < -0.3 is 10.2 Å². The van der Waals surface area contributed by atoms with Crippen molar-refractivity contribution in [2.75, 3.05) is 5.73 Å². The predicted octanol–water partition coefficient (Wildman–Crippen LogP) is 4.18. The van der Waals surface area contributed by atoms with E-state index >= 15 is 0 Å². The largest absolute Gasteiger partial charge is 0.404 e. The second-order valence-electron chi connectivity index (χ2n) is 8.04. The zero-order valence-corrected chi connectivity index (χ0v) is 17.8. The van der Waals surface area contributed by atoms with Gasteiger partial charge in [0.1, 0.15) is 0 Å². The fourth-order valence-electron chi connectivity index (χ4n) is 3.68. The molecule has 140 valence electrons. The Morgan fingerprint density at radius 3 is 1.78 bits per heavy atom. The Hall–Kier alpha value is -2.36. The lowest BCUT2D eigenvalue weighted by molar-refractivity contribution is 0.234. The maximum absolute atomic E-state index is 6.78.